The van der Waals surface area contributed by atoms with Gasteiger partial charge in [0.05, 0.1) is 27.4 Å². The number of benzene rings is 1. The Morgan fingerprint density at radius 3 is 2.40 bits per heavy atom. The van der Waals surface area contributed by atoms with E-state index in [2.05, 4.69) is 5.32 Å². The van der Waals surface area contributed by atoms with Gasteiger partial charge in [-0.15, -0.1) is 0 Å². The van der Waals surface area contributed by atoms with E-state index < -0.39 is 0 Å². The van der Waals surface area contributed by atoms with Crippen LogP contribution in [0.1, 0.15) is 18.4 Å². The number of hydrogen-bond acceptors (Lipinski definition) is 5. The quantitative estimate of drug-likeness (QED) is 0.828. The molecule has 0 bridgehead atoms. The Morgan fingerprint density at radius 2 is 1.80 bits per heavy atom. The number of ether oxygens (including phenoxy) is 4. The van der Waals surface area contributed by atoms with Crippen molar-refractivity contribution in [3.63, 3.8) is 0 Å². The molecular weight excluding hydrogens is 258 g/mol. The second-order valence-electron chi connectivity index (χ2n) is 4.78. The number of hydrogen-bond donors (Lipinski definition) is 1. The lowest BCUT2D eigenvalue weighted by molar-refractivity contribution is 0.110. The van der Waals surface area contributed by atoms with Crippen LogP contribution in [0.25, 0.3) is 0 Å². The van der Waals surface area contributed by atoms with Gasteiger partial charge in [-0.2, -0.15) is 0 Å². The standard InChI is InChI=1S/C15H23NO4/c1-17-13-8-15(19-3)14(18-2)7-11(13)9-16-10-12-5-4-6-20-12/h7-8,12,16H,4-6,9-10H2,1-3H3. The van der Waals surface area contributed by atoms with Crippen LogP contribution in [0.2, 0.25) is 0 Å². The molecule has 1 aromatic rings. The van der Waals surface area contributed by atoms with Gasteiger partial charge in [0, 0.05) is 31.3 Å². The highest BCUT2D eigenvalue weighted by molar-refractivity contribution is 5.50. The maximum Gasteiger partial charge on any atom is 0.164 e. The van der Waals surface area contributed by atoms with Gasteiger partial charge in [0.15, 0.2) is 11.5 Å². The first-order valence-electron chi connectivity index (χ1n) is 6.89. The average Bonchev–Trinajstić information content (AvgIpc) is 2.99. The Labute approximate surface area is 120 Å². The van der Waals surface area contributed by atoms with E-state index in [0.717, 1.165) is 37.3 Å². The summed E-state index contributed by atoms with van der Waals surface area (Å²) in [6.07, 6.45) is 2.63. The van der Waals surface area contributed by atoms with E-state index >= 15 is 0 Å². The maximum atomic E-state index is 5.59. The fourth-order valence-electron chi connectivity index (χ4n) is 2.40. The Balaban J connectivity index is 2.01. The number of nitrogens with one attached hydrogen (secondary N) is 1. The zero-order valence-electron chi connectivity index (χ0n) is 12.4. The molecule has 0 aliphatic carbocycles. The summed E-state index contributed by atoms with van der Waals surface area (Å²) < 4.78 is 21.6. The molecule has 5 nitrogen and oxygen atoms in total. The molecule has 1 aliphatic rings. The van der Waals surface area contributed by atoms with Crippen molar-refractivity contribution in [2.75, 3.05) is 34.5 Å². The molecule has 1 atom stereocenters. The predicted octanol–water partition coefficient (Wildman–Crippen LogP) is 1.98. The van der Waals surface area contributed by atoms with Gasteiger partial charge in [-0.25, -0.2) is 0 Å². The zero-order valence-corrected chi connectivity index (χ0v) is 12.4. The highest BCUT2D eigenvalue weighted by atomic mass is 16.5. The topological polar surface area (TPSA) is 49.0 Å². The molecule has 0 saturated carbocycles. The second-order valence-corrected chi connectivity index (χ2v) is 4.78. The van der Waals surface area contributed by atoms with Gasteiger partial charge in [0.2, 0.25) is 0 Å². The first kappa shape index (κ1) is 14.9. The van der Waals surface area contributed by atoms with Crippen molar-refractivity contribution in [3.8, 4) is 17.2 Å². The van der Waals surface area contributed by atoms with Gasteiger partial charge in [0.25, 0.3) is 0 Å². The van der Waals surface area contributed by atoms with Crippen molar-refractivity contribution < 1.29 is 18.9 Å². The first-order chi connectivity index (χ1) is 9.78. The van der Waals surface area contributed by atoms with Crippen LogP contribution < -0.4 is 19.5 Å². The minimum atomic E-state index is 0.334. The third-order valence-corrected chi connectivity index (χ3v) is 3.50. The number of methoxy groups -OCH3 is 3. The van der Waals surface area contributed by atoms with Gasteiger partial charge in [0.1, 0.15) is 5.75 Å². The molecule has 0 spiro atoms. The second kappa shape index (κ2) is 7.36. The van der Waals surface area contributed by atoms with Gasteiger partial charge < -0.3 is 24.3 Å². The first-order valence-corrected chi connectivity index (χ1v) is 6.89. The molecule has 1 unspecified atom stereocenters. The van der Waals surface area contributed by atoms with Crippen molar-refractivity contribution in [1.29, 1.82) is 0 Å². The average molecular weight is 281 g/mol. The molecule has 20 heavy (non-hydrogen) atoms. The van der Waals surface area contributed by atoms with Crippen LogP contribution in [-0.4, -0.2) is 40.6 Å². The predicted molar refractivity (Wildman–Crippen MR) is 76.8 cm³/mol. The summed E-state index contributed by atoms with van der Waals surface area (Å²) >= 11 is 0. The van der Waals surface area contributed by atoms with E-state index in [-0.39, 0.29) is 0 Å². The maximum absolute atomic E-state index is 5.59. The molecule has 0 radical (unpaired) electrons. The van der Waals surface area contributed by atoms with Crippen LogP contribution in [0.4, 0.5) is 0 Å². The summed E-state index contributed by atoms with van der Waals surface area (Å²) in [5, 5.41) is 3.41. The van der Waals surface area contributed by atoms with E-state index in [0.29, 0.717) is 24.1 Å². The molecule has 1 N–H and O–H groups in total. The highest BCUT2D eigenvalue weighted by Gasteiger charge is 2.16. The molecule has 1 fully saturated rings. The van der Waals surface area contributed by atoms with Gasteiger partial charge in [-0.3, -0.25) is 0 Å². The lowest BCUT2D eigenvalue weighted by Crippen LogP contribution is -2.26. The van der Waals surface area contributed by atoms with E-state index in [1.165, 1.54) is 0 Å². The fraction of sp³-hybridized carbons (Fsp3) is 0.600. The van der Waals surface area contributed by atoms with Crippen LogP contribution in [0.15, 0.2) is 12.1 Å². The summed E-state index contributed by atoms with van der Waals surface area (Å²) in [5.41, 5.74) is 1.04. The molecule has 0 aromatic heterocycles. The smallest absolute Gasteiger partial charge is 0.164 e. The molecular formula is C15H23NO4. The third kappa shape index (κ3) is 3.55. The molecule has 1 aliphatic heterocycles. The molecule has 112 valence electrons. The van der Waals surface area contributed by atoms with Crippen molar-refractivity contribution in [2.45, 2.75) is 25.5 Å². The van der Waals surface area contributed by atoms with Gasteiger partial charge in [-0.1, -0.05) is 0 Å². The van der Waals surface area contributed by atoms with Crippen LogP contribution in [0.5, 0.6) is 17.2 Å². The minimum Gasteiger partial charge on any atom is -0.496 e. The molecule has 5 heteroatoms. The van der Waals surface area contributed by atoms with Crippen LogP contribution in [-0.2, 0) is 11.3 Å². The molecule has 0 amide bonds. The van der Waals surface area contributed by atoms with E-state index in [1.807, 2.05) is 12.1 Å². The Hall–Kier alpha value is -1.46. The van der Waals surface area contributed by atoms with E-state index in [1.54, 1.807) is 21.3 Å². The fourth-order valence-corrected chi connectivity index (χ4v) is 2.40. The minimum absolute atomic E-state index is 0.334. The van der Waals surface area contributed by atoms with Gasteiger partial charge in [-0.05, 0) is 18.9 Å². The van der Waals surface area contributed by atoms with E-state index in [9.17, 15) is 0 Å². The molecule has 1 aromatic carbocycles. The Morgan fingerprint density at radius 1 is 1.10 bits per heavy atom. The van der Waals surface area contributed by atoms with Crippen molar-refractivity contribution >= 4 is 0 Å². The van der Waals surface area contributed by atoms with Crippen LogP contribution in [0, 0.1) is 0 Å². The normalized spacial score (nSPS) is 18.1. The molecule has 2 rings (SSSR count). The largest absolute Gasteiger partial charge is 0.496 e. The van der Waals surface area contributed by atoms with Crippen molar-refractivity contribution in [3.05, 3.63) is 17.7 Å². The summed E-state index contributed by atoms with van der Waals surface area (Å²) in [6.45, 7) is 2.45. The Kier molecular flexibility index (Phi) is 5.49. The summed E-state index contributed by atoms with van der Waals surface area (Å²) in [4.78, 5) is 0. The summed E-state index contributed by atoms with van der Waals surface area (Å²) in [6, 6.07) is 3.79. The van der Waals surface area contributed by atoms with Crippen LogP contribution in [0.3, 0.4) is 0 Å². The highest BCUT2D eigenvalue weighted by Crippen LogP contribution is 2.34. The number of rotatable bonds is 7. The van der Waals surface area contributed by atoms with Crippen LogP contribution >= 0.6 is 0 Å². The van der Waals surface area contributed by atoms with Crippen molar-refractivity contribution in [1.82, 2.24) is 5.32 Å². The SMILES string of the molecule is COc1cc(OC)c(OC)cc1CNCC1CCCO1. The lowest BCUT2D eigenvalue weighted by atomic mass is 10.1. The summed E-state index contributed by atoms with van der Waals surface area (Å²) in [5.74, 6) is 2.18. The van der Waals surface area contributed by atoms with Gasteiger partial charge >= 0.3 is 0 Å². The monoisotopic (exact) mass is 281 g/mol. The Bertz CT molecular complexity index is 430. The van der Waals surface area contributed by atoms with Crippen molar-refractivity contribution in [2.24, 2.45) is 0 Å². The lowest BCUT2D eigenvalue weighted by Gasteiger charge is -2.15. The zero-order chi connectivity index (χ0) is 14.4. The molecule has 1 heterocycles. The molecule has 1 saturated heterocycles. The third-order valence-electron chi connectivity index (χ3n) is 3.50. The van der Waals surface area contributed by atoms with E-state index in [4.69, 9.17) is 18.9 Å². The summed E-state index contributed by atoms with van der Waals surface area (Å²) in [7, 11) is 4.91.